The fourth-order valence-corrected chi connectivity index (χ4v) is 4.31. The fourth-order valence-electron chi connectivity index (χ4n) is 3.44. The van der Waals surface area contributed by atoms with Gasteiger partial charge in [0.25, 0.3) is 0 Å². The van der Waals surface area contributed by atoms with E-state index < -0.39 is 10.0 Å². The van der Waals surface area contributed by atoms with Crippen LogP contribution in [0.25, 0.3) is 0 Å². The van der Waals surface area contributed by atoms with Crippen molar-refractivity contribution in [2.24, 2.45) is 0 Å². The summed E-state index contributed by atoms with van der Waals surface area (Å²) in [4.78, 5) is 19.2. The van der Waals surface area contributed by atoms with Crippen molar-refractivity contribution in [1.82, 2.24) is 14.2 Å². The topological polar surface area (TPSA) is 70.6 Å². The number of carbonyl (C=O) groups excluding carboxylic acids is 1. The van der Waals surface area contributed by atoms with Crippen molar-refractivity contribution in [1.29, 1.82) is 0 Å². The van der Waals surface area contributed by atoms with E-state index in [4.69, 9.17) is 0 Å². The Balaban J connectivity index is 1.75. The highest BCUT2D eigenvalue weighted by Gasteiger charge is 2.26. The lowest BCUT2D eigenvalue weighted by molar-refractivity contribution is -0.131. The maximum absolute atomic E-state index is 13.0. The molecule has 1 aliphatic heterocycles. The molecule has 1 atom stereocenters. The standard InChI is InChI=1S/C20H25N3O3S/c1-27(25,26)23-13-7-12-22(14-15-23)20(24)16-18(17-8-3-2-4-9-17)19-10-5-6-11-21-19/h2-6,8-11,18H,7,12-16H2,1H3. The number of sulfonamides is 1. The lowest BCUT2D eigenvalue weighted by Crippen LogP contribution is -2.37. The number of hydrogen-bond acceptors (Lipinski definition) is 4. The molecule has 1 aromatic carbocycles. The Labute approximate surface area is 160 Å². The third kappa shape index (κ3) is 5.14. The Morgan fingerprint density at radius 1 is 1.04 bits per heavy atom. The quantitative estimate of drug-likeness (QED) is 0.788. The van der Waals surface area contributed by atoms with Crippen molar-refractivity contribution in [2.45, 2.75) is 18.8 Å². The number of nitrogens with zero attached hydrogens (tertiary/aromatic N) is 3. The lowest BCUT2D eigenvalue weighted by Gasteiger charge is -2.24. The second-order valence-corrected chi connectivity index (χ2v) is 8.80. The van der Waals surface area contributed by atoms with Crippen molar-refractivity contribution < 1.29 is 13.2 Å². The van der Waals surface area contributed by atoms with Crippen molar-refractivity contribution in [2.75, 3.05) is 32.4 Å². The van der Waals surface area contributed by atoms with Crippen LogP contribution in [0.15, 0.2) is 54.7 Å². The molecule has 1 aliphatic rings. The summed E-state index contributed by atoms with van der Waals surface area (Å²) in [6.45, 7) is 1.82. The monoisotopic (exact) mass is 387 g/mol. The summed E-state index contributed by atoms with van der Waals surface area (Å²) in [5.41, 5.74) is 1.92. The summed E-state index contributed by atoms with van der Waals surface area (Å²) in [5.74, 6) is -0.0842. The molecular formula is C20H25N3O3S. The maximum atomic E-state index is 13.0. The summed E-state index contributed by atoms with van der Waals surface area (Å²) in [7, 11) is -3.22. The molecule has 1 saturated heterocycles. The first-order chi connectivity index (χ1) is 12.9. The molecule has 144 valence electrons. The zero-order chi connectivity index (χ0) is 19.3. The summed E-state index contributed by atoms with van der Waals surface area (Å²) in [5, 5.41) is 0. The molecule has 0 saturated carbocycles. The molecule has 0 bridgehead atoms. The molecule has 27 heavy (non-hydrogen) atoms. The molecule has 7 heteroatoms. The number of aromatic nitrogens is 1. The molecular weight excluding hydrogens is 362 g/mol. The van der Waals surface area contributed by atoms with Gasteiger partial charge in [0.1, 0.15) is 0 Å². The van der Waals surface area contributed by atoms with Gasteiger partial charge in [-0.3, -0.25) is 9.78 Å². The largest absolute Gasteiger partial charge is 0.341 e. The summed E-state index contributed by atoms with van der Waals surface area (Å²) in [6.07, 6.45) is 3.93. The predicted molar refractivity (Wildman–Crippen MR) is 105 cm³/mol. The van der Waals surface area contributed by atoms with E-state index in [2.05, 4.69) is 4.98 Å². The van der Waals surface area contributed by atoms with E-state index in [1.54, 1.807) is 11.1 Å². The molecule has 1 unspecified atom stereocenters. The average molecular weight is 388 g/mol. The van der Waals surface area contributed by atoms with Gasteiger partial charge in [0.15, 0.2) is 0 Å². The zero-order valence-electron chi connectivity index (χ0n) is 15.5. The number of pyridine rings is 1. The molecule has 3 rings (SSSR count). The van der Waals surface area contributed by atoms with E-state index in [1.807, 2.05) is 48.5 Å². The van der Waals surface area contributed by atoms with Gasteiger partial charge in [-0.2, -0.15) is 0 Å². The second-order valence-electron chi connectivity index (χ2n) is 6.82. The Morgan fingerprint density at radius 2 is 1.78 bits per heavy atom. The lowest BCUT2D eigenvalue weighted by atomic mass is 9.91. The molecule has 2 aromatic rings. The summed E-state index contributed by atoms with van der Waals surface area (Å²) < 4.78 is 25.0. The number of carbonyl (C=O) groups is 1. The van der Waals surface area contributed by atoms with Gasteiger partial charge in [0.2, 0.25) is 15.9 Å². The van der Waals surface area contributed by atoms with Crippen LogP contribution in [-0.2, 0) is 14.8 Å². The predicted octanol–water partition coefficient (Wildman–Crippen LogP) is 2.10. The van der Waals surface area contributed by atoms with Gasteiger partial charge in [-0.05, 0) is 24.1 Å². The van der Waals surface area contributed by atoms with Crippen LogP contribution in [0.1, 0.15) is 30.0 Å². The highest BCUT2D eigenvalue weighted by molar-refractivity contribution is 7.88. The van der Waals surface area contributed by atoms with E-state index in [0.717, 1.165) is 11.3 Å². The molecule has 1 aromatic heterocycles. The van der Waals surface area contributed by atoms with E-state index in [0.29, 0.717) is 39.0 Å². The van der Waals surface area contributed by atoms with Crippen LogP contribution < -0.4 is 0 Å². The Morgan fingerprint density at radius 3 is 2.44 bits per heavy atom. The zero-order valence-corrected chi connectivity index (χ0v) is 16.3. The molecule has 2 heterocycles. The SMILES string of the molecule is CS(=O)(=O)N1CCCN(C(=O)CC(c2ccccc2)c2ccccn2)CC1. The van der Waals surface area contributed by atoms with Crippen molar-refractivity contribution in [3.05, 3.63) is 66.0 Å². The van der Waals surface area contributed by atoms with Crippen LogP contribution >= 0.6 is 0 Å². The Hall–Kier alpha value is -2.25. The van der Waals surface area contributed by atoms with Crippen molar-refractivity contribution in [3.63, 3.8) is 0 Å². The molecule has 0 radical (unpaired) electrons. The van der Waals surface area contributed by atoms with Gasteiger partial charge in [-0.25, -0.2) is 12.7 Å². The highest BCUT2D eigenvalue weighted by atomic mass is 32.2. The number of benzene rings is 1. The van der Waals surface area contributed by atoms with E-state index in [1.165, 1.54) is 10.6 Å². The third-order valence-corrected chi connectivity index (χ3v) is 6.21. The third-order valence-electron chi connectivity index (χ3n) is 4.90. The van der Waals surface area contributed by atoms with Crippen LogP contribution in [0.5, 0.6) is 0 Å². The molecule has 6 nitrogen and oxygen atoms in total. The highest BCUT2D eigenvalue weighted by Crippen LogP contribution is 2.27. The van der Waals surface area contributed by atoms with E-state index >= 15 is 0 Å². The van der Waals surface area contributed by atoms with Crippen LogP contribution in [-0.4, -0.2) is 60.9 Å². The van der Waals surface area contributed by atoms with Crippen LogP contribution in [0.2, 0.25) is 0 Å². The second kappa shape index (κ2) is 8.63. The van der Waals surface area contributed by atoms with Gasteiger partial charge in [0.05, 0.1) is 6.26 Å². The smallest absolute Gasteiger partial charge is 0.223 e. The first-order valence-electron chi connectivity index (χ1n) is 9.14. The summed E-state index contributed by atoms with van der Waals surface area (Å²) >= 11 is 0. The molecule has 1 fully saturated rings. The first kappa shape index (κ1) is 19.5. The minimum Gasteiger partial charge on any atom is -0.341 e. The van der Waals surface area contributed by atoms with E-state index in [-0.39, 0.29) is 11.8 Å². The van der Waals surface area contributed by atoms with Crippen LogP contribution in [0.3, 0.4) is 0 Å². The molecule has 0 aliphatic carbocycles. The number of amides is 1. The van der Waals surface area contributed by atoms with Crippen molar-refractivity contribution >= 4 is 15.9 Å². The van der Waals surface area contributed by atoms with Gasteiger partial charge in [-0.1, -0.05) is 36.4 Å². The Kier molecular flexibility index (Phi) is 6.23. The fraction of sp³-hybridized carbons (Fsp3) is 0.400. The van der Waals surface area contributed by atoms with Gasteiger partial charge in [-0.15, -0.1) is 0 Å². The molecule has 0 N–H and O–H groups in total. The van der Waals surface area contributed by atoms with Gasteiger partial charge < -0.3 is 4.90 Å². The summed E-state index contributed by atoms with van der Waals surface area (Å²) in [6, 6.07) is 15.6. The van der Waals surface area contributed by atoms with Gasteiger partial charge in [0, 0.05) is 50.4 Å². The number of hydrogen-bond donors (Lipinski definition) is 0. The van der Waals surface area contributed by atoms with Crippen molar-refractivity contribution in [3.8, 4) is 0 Å². The number of rotatable bonds is 5. The minimum atomic E-state index is -3.22. The van der Waals surface area contributed by atoms with Gasteiger partial charge >= 0.3 is 0 Å². The first-order valence-corrected chi connectivity index (χ1v) is 11.0. The average Bonchev–Trinajstić information content (AvgIpc) is 2.94. The minimum absolute atomic E-state index is 0.0323. The van der Waals surface area contributed by atoms with Crippen LogP contribution in [0, 0.1) is 0 Å². The normalized spacial score (nSPS) is 17.3. The molecule has 0 spiro atoms. The maximum Gasteiger partial charge on any atom is 0.223 e. The Bertz CT molecular complexity index is 817. The van der Waals surface area contributed by atoms with E-state index in [9.17, 15) is 13.2 Å². The van der Waals surface area contributed by atoms with Crippen LogP contribution in [0.4, 0.5) is 0 Å². The molecule has 1 amide bonds.